The molecule has 0 aromatic rings. The molecule has 1 saturated heterocycles. The van der Waals surface area contributed by atoms with Crippen molar-refractivity contribution in [2.75, 3.05) is 19.7 Å². The number of guanidine groups is 1. The fourth-order valence-corrected chi connectivity index (χ4v) is 2.45. The van der Waals surface area contributed by atoms with Crippen LogP contribution in [0.1, 0.15) is 39.5 Å². The van der Waals surface area contributed by atoms with Gasteiger partial charge >= 0.3 is 0 Å². The minimum Gasteiger partial charge on any atom is -0.370 e. The van der Waals surface area contributed by atoms with Gasteiger partial charge in [0, 0.05) is 25.9 Å². The molecule has 2 fully saturated rings. The minimum atomic E-state index is -0.282. The van der Waals surface area contributed by atoms with E-state index in [-0.39, 0.29) is 11.9 Å². The van der Waals surface area contributed by atoms with Gasteiger partial charge in [-0.25, -0.2) is 0 Å². The highest BCUT2D eigenvalue weighted by Crippen LogP contribution is 2.38. The molecule has 0 aromatic heterocycles. The Kier molecular flexibility index (Phi) is 4.45. The Morgan fingerprint density at radius 1 is 1.44 bits per heavy atom. The first-order valence-electron chi connectivity index (χ1n) is 6.95. The molecule has 2 aliphatic rings. The van der Waals surface area contributed by atoms with Gasteiger partial charge in [-0.2, -0.15) is 0 Å². The third kappa shape index (κ3) is 3.59. The Morgan fingerprint density at radius 2 is 2.17 bits per heavy atom. The van der Waals surface area contributed by atoms with E-state index < -0.39 is 0 Å². The summed E-state index contributed by atoms with van der Waals surface area (Å²) in [5, 5.41) is 3.11. The average molecular weight is 255 g/mol. The van der Waals surface area contributed by atoms with Crippen molar-refractivity contribution in [2.45, 2.75) is 51.4 Å². The van der Waals surface area contributed by atoms with Gasteiger partial charge in [-0.3, -0.25) is 4.99 Å². The Hall–Kier alpha value is -0.810. The smallest absolute Gasteiger partial charge is 0.188 e. The standard InChI is InChI=1S/C13H25N3O2/c1-10(2)7-15-12(14)16-8-11-9-17-13(18-11)5-3-4-6-13/h10-11H,3-9H2,1-2H3,(H3,14,15,16). The van der Waals surface area contributed by atoms with Crippen molar-refractivity contribution in [2.24, 2.45) is 16.6 Å². The van der Waals surface area contributed by atoms with E-state index in [4.69, 9.17) is 15.2 Å². The number of hydrogen-bond acceptors (Lipinski definition) is 3. The molecule has 5 nitrogen and oxygen atoms in total. The number of nitrogens with zero attached hydrogens (tertiary/aromatic N) is 1. The summed E-state index contributed by atoms with van der Waals surface area (Å²) in [6.45, 7) is 6.33. The molecule has 1 saturated carbocycles. The summed E-state index contributed by atoms with van der Waals surface area (Å²) in [5.41, 5.74) is 5.79. The minimum absolute atomic E-state index is 0.0934. The van der Waals surface area contributed by atoms with Crippen LogP contribution in [0.4, 0.5) is 0 Å². The molecule has 0 aromatic carbocycles. The fraction of sp³-hybridized carbons (Fsp3) is 0.923. The van der Waals surface area contributed by atoms with Crippen LogP contribution in [0.2, 0.25) is 0 Å². The van der Waals surface area contributed by atoms with Crippen molar-refractivity contribution in [1.29, 1.82) is 0 Å². The Labute approximate surface area is 109 Å². The largest absolute Gasteiger partial charge is 0.370 e. The molecule has 1 unspecified atom stereocenters. The Morgan fingerprint density at radius 3 is 2.83 bits per heavy atom. The van der Waals surface area contributed by atoms with E-state index in [1.807, 2.05) is 0 Å². The van der Waals surface area contributed by atoms with Crippen LogP contribution in [0.15, 0.2) is 4.99 Å². The normalized spacial score (nSPS) is 27.3. The molecule has 0 radical (unpaired) electrons. The second-order valence-corrected chi connectivity index (χ2v) is 5.67. The number of nitrogens with one attached hydrogen (secondary N) is 1. The monoisotopic (exact) mass is 255 g/mol. The van der Waals surface area contributed by atoms with Crippen molar-refractivity contribution in [1.82, 2.24) is 5.32 Å². The van der Waals surface area contributed by atoms with Crippen LogP contribution in [0.25, 0.3) is 0 Å². The van der Waals surface area contributed by atoms with Gasteiger partial charge in [-0.05, 0) is 18.8 Å². The quantitative estimate of drug-likeness (QED) is 0.585. The first-order chi connectivity index (χ1) is 8.60. The van der Waals surface area contributed by atoms with E-state index in [0.717, 1.165) is 19.4 Å². The van der Waals surface area contributed by atoms with Crippen molar-refractivity contribution >= 4 is 5.96 Å². The first-order valence-corrected chi connectivity index (χ1v) is 6.95. The molecule has 0 amide bonds. The lowest BCUT2D eigenvalue weighted by Crippen LogP contribution is -2.39. The van der Waals surface area contributed by atoms with E-state index in [9.17, 15) is 0 Å². The molecular weight excluding hydrogens is 230 g/mol. The van der Waals surface area contributed by atoms with Gasteiger partial charge in [0.1, 0.15) is 6.10 Å². The SMILES string of the molecule is CC(C)CN=C(N)NCC1COC2(CCCC2)O1. The zero-order chi connectivity index (χ0) is 13.0. The van der Waals surface area contributed by atoms with Gasteiger partial charge in [0.05, 0.1) is 6.61 Å². The molecule has 1 aliphatic carbocycles. The van der Waals surface area contributed by atoms with Crippen LogP contribution in [-0.4, -0.2) is 37.5 Å². The number of hydrogen-bond donors (Lipinski definition) is 2. The lowest BCUT2D eigenvalue weighted by Gasteiger charge is -2.22. The van der Waals surface area contributed by atoms with Crippen LogP contribution in [0.3, 0.4) is 0 Å². The lowest BCUT2D eigenvalue weighted by molar-refractivity contribution is -0.160. The van der Waals surface area contributed by atoms with Crippen molar-refractivity contribution in [3.8, 4) is 0 Å². The van der Waals surface area contributed by atoms with Crippen molar-refractivity contribution < 1.29 is 9.47 Å². The Balaban J connectivity index is 1.70. The van der Waals surface area contributed by atoms with Gasteiger partial charge in [0.2, 0.25) is 0 Å². The predicted molar refractivity (Wildman–Crippen MR) is 71.4 cm³/mol. The molecule has 1 heterocycles. The third-order valence-corrected chi connectivity index (χ3v) is 3.42. The highest BCUT2D eigenvalue weighted by Gasteiger charge is 2.43. The van der Waals surface area contributed by atoms with Gasteiger partial charge < -0.3 is 20.5 Å². The van der Waals surface area contributed by atoms with Crippen LogP contribution in [0.5, 0.6) is 0 Å². The summed E-state index contributed by atoms with van der Waals surface area (Å²) < 4.78 is 11.8. The number of ether oxygens (including phenoxy) is 2. The summed E-state index contributed by atoms with van der Waals surface area (Å²) in [4.78, 5) is 4.26. The molecule has 104 valence electrons. The molecule has 1 aliphatic heterocycles. The number of nitrogens with two attached hydrogens (primary N) is 1. The molecule has 1 spiro atoms. The highest BCUT2D eigenvalue weighted by atomic mass is 16.7. The summed E-state index contributed by atoms with van der Waals surface area (Å²) in [7, 11) is 0. The van der Waals surface area contributed by atoms with Gasteiger partial charge in [-0.1, -0.05) is 13.8 Å². The number of rotatable bonds is 4. The molecule has 5 heteroatoms. The zero-order valence-corrected chi connectivity index (χ0v) is 11.4. The maximum Gasteiger partial charge on any atom is 0.188 e. The van der Waals surface area contributed by atoms with Crippen LogP contribution < -0.4 is 11.1 Å². The van der Waals surface area contributed by atoms with Gasteiger partial charge in [-0.15, -0.1) is 0 Å². The molecule has 2 rings (SSSR count). The molecule has 1 atom stereocenters. The zero-order valence-electron chi connectivity index (χ0n) is 11.4. The highest BCUT2D eigenvalue weighted by molar-refractivity contribution is 5.77. The maximum atomic E-state index is 5.99. The third-order valence-electron chi connectivity index (χ3n) is 3.42. The molecule has 18 heavy (non-hydrogen) atoms. The first kappa shape index (κ1) is 13.6. The number of aliphatic imine (C=N–C) groups is 1. The molecular formula is C13H25N3O2. The maximum absolute atomic E-state index is 5.99. The van der Waals surface area contributed by atoms with Crippen LogP contribution in [-0.2, 0) is 9.47 Å². The predicted octanol–water partition coefficient (Wildman–Crippen LogP) is 1.23. The second kappa shape index (κ2) is 5.89. The fourth-order valence-electron chi connectivity index (χ4n) is 2.45. The lowest BCUT2D eigenvalue weighted by atomic mass is 10.2. The summed E-state index contributed by atoms with van der Waals surface area (Å²) in [6.07, 6.45) is 4.56. The van der Waals surface area contributed by atoms with E-state index in [1.54, 1.807) is 0 Å². The topological polar surface area (TPSA) is 68.9 Å². The second-order valence-electron chi connectivity index (χ2n) is 5.67. The van der Waals surface area contributed by atoms with Crippen molar-refractivity contribution in [3.05, 3.63) is 0 Å². The van der Waals surface area contributed by atoms with E-state index in [1.165, 1.54) is 12.8 Å². The summed E-state index contributed by atoms with van der Waals surface area (Å²) >= 11 is 0. The molecule has 0 bridgehead atoms. The van der Waals surface area contributed by atoms with Crippen molar-refractivity contribution in [3.63, 3.8) is 0 Å². The average Bonchev–Trinajstić information content (AvgIpc) is 2.95. The summed E-state index contributed by atoms with van der Waals surface area (Å²) in [5.74, 6) is 0.744. The Bertz CT molecular complexity index is 299. The van der Waals surface area contributed by atoms with Crippen LogP contribution >= 0.6 is 0 Å². The van der Waals surface area contributed by atoms with E-state index in [2.05, 4.69) is 24.2 Å². The summed E-state index contributed by atoms with van der Waals surface area (Å²) in [6, 6.07) is 0. The van der Waals surface area contributed by atoms with E-state index in [0.29, 0.717) is 25.0 Å². The molecule has 3 N–H and O–H groups in total. The van der Waals surface area contributed by atoms with Crippen LogP contribution in [0, 0.1) is 5.92 Å². The van der Waals surface area contributed by atoms with Gasteiger partial charge in [0.15, 0.2) is 11.7 Å². The van der Waals surface area contributed by atoms with E-state index >= 15 is 0 Å². The van der Waals surface area contributed by atoms with Gasteiger partial charge in [0.25, 0.3) is 0 Å².